The number of nitrogens with zero attached hydrogens (tertiary/aromatic N) is 3. The lowest BCUT2D eigenvalue weighted by Crippen LogP contribution is -2.32. The molecular formula is C15H15ClN4O3. The molecule has 7 nitrogen and oxygen atoms in total. The van der Waals surface area contributed by atoms with E-state index in [4.69, 9.17) is 16.0 Å². The largest absolute Gasteiger partial charge is 0.424 e. The first-order chi connectivity index (χ1) is 11.0. The van der Waals surface area contributed by atoms with Crippen LogP contribution in [0.3, 0.4) is 0 Å². The molecule has 2 amide bonds. The fourth-order valence-electron chi connectivity index (χ4n) is 2.49. The second-order valence-corrected chi connectivity index (χ2v) is 5.75. The quantitative estimate of drug-likeness (QED) is 0.919. The number of anilines is 1. The lowest BCUT2D eigenvalue weighted by Gasteiger charge is -2.16. The molecule has 8 heteroatoms. The molecular weight excluding hydrogens is 320 g/mol. The van der Waals surface area contributed by atoms with E-state index in [1.165, 1.54) is 0 Å². The van der Waals surface area contributed by atoms with E-state index in [1.807, 2.05) is 0 Å². The van der Waals surface area contributed by atoms with Crippen LogP contribution in [0.15, 0.2) is 28.7 Å². The number of carbonyl (C=O) groups excluding carboxylic acids is 2. The SMILES string of the molecule is Cc1nnc(CNC(=O)[C@@H]2CC(=O)N(c3cccc(Cl)c3)C2)o1. The van der Waals surface area contributed by atoms with E-state index in [9.17, 15) is 9.59 Å². The predicted octanol–water partition coefficient (Wildman–Crippen LogP) is 1.70. The van der Waals surface area contributed by atoms with Gasteiger partial charge in [-0.3, -0.25) is 9.59 Å². The zero-order chi connectivity index (χ0) is 16.4. The Kier molecular flexibility index (Phi) is 4.29. The summed E-state index contributed by atoms with van der Waals surface area (Å²) in [5.74, 6) is 0.0644. The molecule has 1 aliphatic heterocycles. The molecule has 0 saturated carbocycles. The van der Waals surface area contributed by atoms with E-state index in [0.717, 1.165) is 0 Å². The number of nitrogens with one attached hydrogen (secondary N) is 1. The molecule has 0 bridgehead atoms. The lowest BCUT2D eigenvalue weighted by atomic mass is 10.1. The Bertz CT molecular complexity index is 746. The van der Waals surface area contributed by atoms with Crippen molar-refractivity contribution < 1.29 is 14.0 Å². The van der Waals surface area contributed by atoms with E-state index >= 15 is 0 Å². The summed E-state index contributed by atoms with van der Waals surface area (Å²) in [5.41, 5.74) is 0.699. The molecule has 3 rings (SSSR count). The molecule has 1 aromatic heterocycles. The maximum absolute atomic E-state index is 12.2. The van der Waals surface area contributed by atoms with Gasteiger partial charge in [0.25, 0.3) is 0 Å². The summed E-state index contributed by atoms with van der Waals surface area (Å²) in [6, 6.07) is 7.02. The van der Waals surface area contributed by atoms with E-state index in [0.29, 0.717) is 29.0 Å². The molecule has 120 valence electrons. The van der Waals surface area contributed by atoms with Crippen LogP contribution >= 0.6 is 11.6 Å². The Labute approximate surface area is 137 Å². The van der Waals surface area contributed by atoms with Crippen LogP contribution < -0.4 is 10.2 Å². The van der Waals surface area contributed by atoms with Crippen LogP contribution in [0.1, 0.15) is 18.2 Å². The van der Waals surface area contributed by atoms with Crippen LogP contribution in [-0.4, -0.2) is 28.6 Å². The van der Waals surface area contributed by atoms with Crippen molar-refractivity contribution in [3.8, 4) is 0 Å². The summed E-state index contributed by atoms with van der Waals surface area (Å²) >= 11 is 5.95. The van der Waals surface area contributed by atoms with Crippen molar-refractivity contribution in [2.24, 2.45) is 5.92 Å². The minimum absolute atomic E-state index is 0.0962. The lowest BCUT2D eigenvalue weighted by molar-refractivity contribution is -0.126. The van der Waals surface area contributed by atoms with Crippen molar-refractivity contribution in [2.75, 3.05) is 11.4 Å². The van der Waals surface area contributed by atoms with Crippen molar-refractivity contribution >= 4 is 29.1 Å². The first-order valence-electron chi connectivity index (χ1n) is 7.15. The van der Waals surface area contributed by atoms with Gasteiger partial charge in [-0.2, -0.15) is 0 Å². The van der Waals surface area contributed by atoms with Crippen LogP contribution in [0.2, 0.25) is 5.02 Å². The Morgan fingerprint density at radius 3 is 3.00 bits per heavy atom. The normalized spacial score (nSPS) is 17.6. The van der Waals surface area contributed by atoms with Gasteiger partial charge in [-0.25, -0.2) is 0 Å². The number of aryl methyl sites for hydroxylation is 1. The number of benzene rings is 1. The van der Waals surface area contributed by atoms with Gasteiger partial charge >= 0.3 is 0 Å². The van der Waals surface area contributed by atoms with E-state index in [-0.39, 0.29) is 24.8 Å². The van der Waals surface area contributed by atoms with Crippen molar-refractivity contribution in [1.82, 2.24) is 15.5 Å². The summed E-state index contributed by atoms with van der Waals surface area (Å²) in [6.07, 6.45) is 0.168. The summed E-state index contributed by atoms with van der Waals surface area (Å²) in [4.78, 5) is 25.9. The highest BCUT2D eigenvalue weighted by Gasteiger charge is 2.35. The molecule has 2 heterocycles. The molecule has 0 radical (unpaired) electrons. The van der Waals surface area contributed by atoms with E-state index in [1.54, 1.807) is 36.1 Å². The number of hydrogen-bond acceptors (Lipinski definition) is 5. The zero-order valence-electron chi connectivity index (χ0n) is 12.5. The highest BCUT2D eigenvalue weighted by atomic mass is 35.5. The Morgan fingerprint density at radius 2 is 2.30 bits per heavy atom. The van der Waals surface area contributed by atoms with Gasteiger partial charge in [-0.1, -0.05) is 17.7 Å². The first-order valence-corrected chi connectivity index (χ1v) is 7.53. The molecule has 1 fully saturated rings. The maximum atomic E-state index is 12.2. The third kappa shape index (κ3) is 3.50. The molecule has 0 unspecified atom stereocenters. The maximum Gasteiger partial charge on any atom is 0.235 e. The molecule has 1 aliphatic rings. The smallest absolute Gasteiger partial charge is 0.235 e. The highest BCUT2D eigenvalue weighted by molar-refractivity contribution is 6.30. The van der Waals surface area contributed by atoms with Crippen molar-refractivity contribution in [3.63, 3.8) is 0 Å². The predicted molar refractivity (Wildman–Crippen MR) is 82.8 cm³/mol. The third-order valence-corrected chi connectivity index (χ3v) is 3.83. The standard InChI is InChI=1S/C15H15ClN4O3/c1-9-18-19-13(23-9)7-17-15(22)10-5-14(21)20(8-10)12-4-2-3-11(16)6-12/h2-4,6,10H,5,7-8H2,1H3,(H,17,22)/t10-/m1/s1. The summed E-state index contributed by atoms with van der Waals surface area (Å²) in [5, 5.41) is 10.8. The van der Waals surface area contributed by atoms with Gasteiger partial charge in [0, 0.05) is 30.6 Å². The van der Waals surface area contributed by atoms with Gasteiger partial charge in [0.2, 0.25) is 23.6 Å². The summed E-state index contributed by atoms with van der Waals surface area (Å²) in [7, 11) is 0. The van der Waals surface area contributed by atoms with Crippen molar-refractivity contribution in [1.29, 1.82) is 0 Å². The Balaban J connectivity index is 1.61. The van der Waals surface area contributed by atoms with Crippen LogP contribution in [-0.2, 0) is 16.1 Å². The Hall–Kier alpha value is -2.41. The van der Waals surface area contributed by atoms with Crippen molar-refractivity contribution in [2.45, 2.75) is 19.9 Å². The average Bonchev–Trinajstić information content (AvgIpc) is 3.11. The zero-order valence-corrected chi connectivity index (χ0v) is 13.2. The molecule has 1 N–H and O–H groups in total. The monoisotopic (exact) mass is 334 g/mol. The number of halogens is 1. The average molecular weight is 335 g/mol. The molecule has 0 aliphatic carbocycles. The van der Waals surface area contributed by atoms with E-state index in [2.05, 4.69) is 15.5 Å². The van der Waals surface area contributed by atoms with Gasteiger partial charge in [0.05, 0.1) is 12.5 Å². The number of carbonyl (C=O) groups is 2. The molecule has 23 heavy (non-hydrogen) atoms. The number of rotatable bonds is 4. The fraction of sp³-hybridized carbons (Fsp3) is 0.333. The molecule has 1 aromatic carbocycles. The summed E-state index contributed by atoms with van der Waals surface area (Å²) < 4.78 is 5.19. The second-order valence-electron chi connectivity index (χ2n) is 5.32. The number of aromatic nitrogens is 2. The summed E-state index contributed by atoms with van der Waals surface area (Å²) in [6.45, 7) is 2.16. The number of amides is 2. The minimum Gasteiger partial charge on any atom is -0.424 e. The van der Waals surface area contributed by atoms with E-state index < -0.39 is 5.92 Å². The second kappa shape index (κ2) is 6.37. The molecule has 1 atom stereocenters. The Morgan fingerprint density at radius 1 is 1.48 bits per heavy atom. The minimum atomic E-state index is -0.412. The first kappa shape index (κ1) is 15.5. The molecule has 1 saturated heterocycles. The number of hydrogen-bond donors (Lipinski definition) is 1. The van der Waals surface area contributed by atoms with Gasteiger partial charge in [0.15, 0.2) is 0 Å². The van der Waals surface area contributed by atoms with Gasteiger partial charge in [0.1, 0.15) is 0 Å². The fourth-order valence-corrected chi connectivity index (χ4v) is 2.68. The molecule has 0 spiro atoms. The van der Waals surface area contributed by atoms with Crippen LogP contribution in [0.4, 0.5) is 5.69 Å². The topological polar surface area (TPSA) is 88.3 Å². The van der Waals surface area contributed by atoms with Gasteiger partial charge in [-0.05, 0) is 18.2 Å². The van der Waals surface area contributed by atoms with Crippen LogP contribution in [0.25, 0.3) is 0 Å². The van der Waals surface area contributed by atoms with Crippen LogP contribution in [0, 0.1) is 12.8 Å². The molecule has 2 aromatic rings. The highest BCUT2D eigenvalue weighted by Crippen LogP contribution is 2.27. The van der Waals surface area contributed by atoms with Crippen molar-refractivity contribution in [3.05, 3.63) is 41.1 Å². The third-order valence-electron chi connectivity index (χ3n) is 3.60. The van der Waals surface area contributed by atoms with Gasteiger partial charge < -0.3 is 14.6 Å². The van der Waals surface area contributed by atoms with Crippen LogP contribution in [0.5, 0.6) is 0 Å². The van der Waals surface area contributed by atoms with Gasteiger partial charge in [-0.15, -0.1) is 10.2 Å².